The van der Waals surface area contributed by atoms with Crippen molar-refractivity contribution in [3.63, 3.8) is 0 Å². The average Bonchev–Trinajstić information content (AvgIpc) is 3.06. The highest BCUT2D eigenvalue weighted by Crippen LogP contribution is 2.32. The molecule has 7 nitrogen and oxygen atoms in total. The summed E-state index contributed by atoms with van der Waals surface area (Å²) in [5.74, 6) is 0.792. The van der Waals surface area contributed by atoms with Crippen LogP contribution in [0.5, 0.6) is 0 Å². The number of likely N-dealkylation sites (tertiary alicyclic amines) is 1. The Hall–Kier alpha value is -1.50. The van der Waals surface area contributed by atoms with Crippen molar-refractivity contribution in [1.82, 2.24) is 25.1 Å². The van der Waals surface area contributed by atoms with Gasteiger partial charge in [-0.2, -0.15) is 0 Å². The molecule has 1 fully saturated rings. The number of piperidine rings is 1. The zero-order valence-corrected chi connectivity index (χ0v) is 15.5. The fraction of sp³-hybridized carbons (Fsp3) is 0.882. The monoisotopic (exact) mass is 336 g/mol. The quantitative estimate of drug-likeness (QED) is 0.786. The van der Waals surface area contributed by atoms with Crippen LogP contribution in [0.2, 0.25) is 0 Å². The molecule has 7 heteroatoms. The summed E-state index contributed by atoms with van der Waals surface area (Å²) >= 11 is 0. The van der Waals surface area contributed by atoms with E-state index in [1.54, 1.807) is 0 Å². The zero-order chi connectivity index (χ0) is 17.7. The van der Waals surface area contributed by atoms with Gasteiger partial charge in [-0.3, -0.25) is 9.69 Å². The number of hydrogen-bond acceptors (Lipinski definition) is 5. The van der Waals surface area contributed by atoms with Crippen LogP contribution >= 0.6 is 0 Å². The molecule has 1 saturated heterocycles. The molecule has 0 spiro atoms. The number of nitrogens with zero attached hydrogens (tertiary/aromatic N) is 5. The molecular formula is C17H32N6O. The maximum absolute atomic E-state index is 11.4. The molecular weight excluding hydrogens is 304 g/mol. The van der Waals surface area contributed by atoms with Crippen molar-refractivity contribution < 1.29 is 4.79 Å². The van der Waals surface area contributed by atoms with E-state index in [-0.39, 0.29) is 23.4 Å². The molecule has 0 aliphatic carbocycles. The molecule has 136 valence electrons. The van der Waals surface area contributed by atoms with Gasteiger partial charge in [0.15, 0.2) is 5.82 Å². The largest absolute Gasteiger partial charge is 0.369 e. The molecule has 2 rings (SSSR count). The number of amides is 1. The van der Waals surface area contributed by atoms with Crippen molar-refractivity contribution in [3.8, 4) is 0 Å². The standard InChI is InChI=1S/C17H32N6O/c1-5-7-8-14(22-11-9-13(10-12-22)15(18)24)16-19-20-21-23(16)17(3,4)6-2/h13-14H,5-12H2,1-4H3,(H2,18,24)/t14-/m1/s1. The maximum atomic E-state index is 11.4. The molecule has 24 heavy (non-hydrogen) atoms. The van der Waals surface area contributed by atoms with E-state index < -0.39 is 0 Å². The van der Waals surface area contributed by atoms with Gasteiger partial charge in [0.05, 0.1) is 11.6 Å². The van der Waals surface area contributed by atoms with Gasteiger partial charge in [0.1, 0.15) is 0 Å². The number of hydrogen-bond donors (Lipinski definition) is 1. The highest BCUT2D eigenvalue weighted by Gasteiger charge is 2.33. The summed E-state index contributed by atoms with van der Waals surface area (Å²) < 4.78 is 1.99. The zero-order valence-electron chi connectivity index (χ0n) is 15.5. The predicted molar refractivity (Wildman–Crippen MR) is 93.2 cm³/mol. The minimum atomic E-state index is -0.170. The first-order valence-electron chi connectivity index (χ1n) is 9.22. The number of unbranched alkanes of at least 4 members (excludes halogenated alkanes) is 1. The van der Waals surface area contributed by atoms with Crippen molar-refractivity contribution in [2.75, 3.05) is 13.1 Å². The fourth-order valence-corrected chi connectivity index (χ4v) is 3.35. The van der Waals surface area contributed by atoms with Crippen LogP contribution in [0.1, 0.15) is 78.1 Å². The normalized spacial score (nSPS) is 18.7. The highest BCUT2D eigenvalue weighted by molar-refractivity contribution is 5.76. The molecule has 1 aliphatic heterocycles. The first-order valence-corrected chi connectivity index (χ1v) is 9.22. The van der Waals surface area contributed by atoms with E-state index in [0.29, 0.717) is 0 Å². The summed E-state index contributed by atoms with van der Waals surface area (Å²) in [4.78, 5) is 13.9. The van der Waals surface area contributed by atoms with Gasteiger partial charge >= 0.3 is 0 Å². The van der Waals surface area contributed by atoms with Crippen LogP contribution in [0, 0.1) is 5.92 Å². The Kier molecular flexibility index (Phi) is 6.32. The minimum absolute atomic E-state index is 0.0103. The molecule has 0 unspecified atom stereocenters. The van der Waals surface area contributed by atoms with Crippen LogP contribution in [0.3, 0.4) is 0 Å². The van der Waals surface area contributed by atoms with Crippen LogP contribution in [-0.2, 0) is 10.3 Å². The highest BCUT2D eigenvalue weighted by atomic mass is 16.1. The molecule has 0 radical (unpaired) electrons. The Bertz CT molecular complexity index is 533. The van der Waals surface area contributed by atoms with E-state index in [0.717, 1.165) is 57.4 Å². The Morgan fingerprint density at radius 3 is 2.54 bits per heavy atom. The van der Waals surface area contributed by atoms with Gasteiger partial charge in [-0.1, -0.05) is 26.7 Å². The van der Waals surface area contributed by atoms with Gasteiger partial charge in [0.25, 0.3) is 0 Å². The predicted octanol–water partition coefficient (Wildman–Crippen LogP) is 2.25. The van der Waals surface area contributed by atoms with Crippen molar-refractivity contribution in [1.29, 1.82) is 0 Å². The van der Waals surface area contributed by atoms with Gasteiger partial charge in [-0.25, -0.2) is 4.68 Å². The average molecular weight is 336 g/mol. The number of carbonyl (C=O) groups excluding carboxylic acids is 1. The SMILES string of the molecule is CCCC[C@H](c1nnnn1C(C)(C)CC)N1CCC(C(N)=O)CC1. The van der Waals surface area contributed by atoms with Crippen molar-refractivity contribution >= 4 is 5.91 Å². The Morgan fingerprint density at radius 2 is 2.00 bits per heavy atom. The Morgan fingerprint density at radius 1 is 1.33 bits per heavy atom. The number of aromatic nitrogens is 4. The van der Waals surface area contributed by atoms with Crippen LogP contribution in [0.25, 0.3) is 0 Å². The second-order valence-corrected chi connectivity index (χ2v) is 7.49. The summed E-state index contributed by atoms with van der Waals surface area (Å²) in [6.45, 7) is 10.5. The van der Waals surface area contributed by atoms with E-state index >= 15 is 0 Å². The van der Waals surface area contributed by atoms with Crippen LogP contribution < -0.4 is 5.73 Å². The smallest absolute Gasteiger partial charge is 0.220 e. The summed E-state index contributed by atoms with van der Waals surface area (Å²) in [6, 6.07) is 0.208. The third-order valence-corrected chi connectivity index (χ3v) is 5.43. The van der Waals surface area contributed by atoms with Crippen LogP contribution in [0.15, 0.2) is 0 Å². The van der Waals surface area contributed by atoms with Crippen molar-refractivity contribution in [2.24, 2.45) is 11.7 Å². The number of rotatable bonds is 8. The first kappa shape index (κ1) is 18.8. The molecule has 2 heterocycles. The minimum Gasteiger partial charge on any atom is -0.369 e. The van der Waals surface area contributed by atoms with Gasteiger partial charge < -0.3 is 5.73 Å². The molecule has 0 aromatic carbocycles. The van der Waals surface area contributed by atoms with Gasteiger partial charge in [-0.05, 0) is 63.0 Å². The van der Waals surface area contributed by atoms with E-state index in [4.69, 9.17) is 5.73 Å². The Labute approximate surface area is 145 Å². The molecule has 1 aromatic heterocycles. The summed E-state index contributed by atoms with van der Waals surface area (Å²) in [6.07, 6.45) is 5.95. The summed E-state index contributed by atoms with van der Waals surface area (Å²) in [5.41, 5.74) is 5.37. The van der Waals surface area contributed by atoms with Crippen molar-refractivity contribution in [3.05, 3.63) is 5.82 Å². The molecule has 1 aliphatic rings. The molecule has 0 saturated carbocycles. The first-order chi connectivity index (χ1) is 11.4. The summed E-state index contributed by atoms with van der Waals surface area (Å²) in [7, 11) is 0. The molecule has 1 aromatic rings. The van der Waals surface area contributed by atoms with E-state index in [1.165, 1.54) is 0 Å². The van der Waals surface area contributed by atoms with Gasteiger partial charge in [-0.15, -0.1) is 5.10 Å². The number of nitrogens with two attached hydrogens (primary N) is 1. The maximum Gasteiger partial charge on any atom is 0.220 e. The Balaban J connectivity index is 2.21. The van der Waals surface area contributed by atoms with Gasteiger partial charge in [0, 0.05) is 5.92 Å². The lowest BCUT2D eigenvalue weighted by atomic mass is 9.93. The van der Waals surface area contributed by atoms with Crippen LogP contribution in [0.4, 0.5) is 0 Å². The van der Waals surface area contributed by atoms with E-state index in [9.17, 15) is 4.79 Å². The topological polar surface area (TPSA) is 89.9 Å². The third-order valence-electron chi connectivity index (χ3n) is 5.43. The van der Waals surface area contributed by atoms with Crippen LogP contribution in [-0.4, -0.2) is 44.1 Å². The second-order valence-electron chi connectivity index (χ2n) is 7.49. The fourth-order valence-electron chi connectivity index (χ4n) is 3.35. The molecule has 0 bridgehead atoms. The molecule has 1 amide bonds. The summed E-state index contributed by atoms with van der Waals surface area (Å²) in [5, 5.41) is 12.6. The second kappa shape index (κ2) is 8.05. The number of tetrazole rings is 1. The lowest BCUT2D eigenvalue weighted by molar-refractivity contribution is -0.123. The molecule has 2 N–H and O–H groups in total. The van der Waals surface area contributed by atoms with E-state index in [1.807, 2.05) is 4.68 Å². The lowest BCUT2D eigenvalue weighted by Gasteiger charge is -2.37. The number of primary amides is 1. The third kappa shape index (κ3) is 4.12. The van der Waals surface area contributed by atoms with Gasteiger partial charge in [0.2, 0.25) is 5.91 Å². The van der Waals surface area contributed by atoms with Crippen molar-refractivity contribution in [2.45, 2.75) is 77.8 Å². The molecule has 1 atom stereocenters. The number of carbonyl (C=O) groups is 1. The lowest BCUT2D eigenvalue weighted by Crippen LogP contribution is -2.42. The van der Waals surface area contributed by atoms with E-state index in [2.05, 4.69) is 48.1 Å².